The summed E-state index contributed by atoms with van der Waals surface area (Å²) in [5.74, 6) is -1.23. The van der Waals surface area contributed by atoms with E-state index in [2.05, 4.69) is 0 Å². The summed E-state index contributed by atoms with van der Waals surface area (Å²) in [4.78, 5) is 11.9. The summed E-state index contributed by atoms with van der Waals surface area (Å²) in [7, 11) is -3.84. The third-order valence-corrected chi connectivity index (χ3v) is 8.68. The number of hydrogen-bond acceptors (Lipinski definition) is 6. The number of thioether (sulfide) groups is 1. The Morgan fingerprint density at radius 3 is 2.52 bits per heavy atom. The summed E-state index contributed by atoms with van der Waals surface area (Å²) >= 11 is 2.45. The number of nitrogen functional groups attached to an aromatic ring is 1. The van der Waals surface area contributed by atoms with Gasteiger partial charge in [-0.1, -0.05) is 18.2 Å². The number of nitrogens with one attached hydrogen (secondary N) is 1. The number of aryl methyl sites for hydroxylation is 1. The van der Waals surface area contributed by atoms with E-state index in [1.54, 1.807) is 30.5 Å². The van der Waals surface area contributed by atoms with Gasteiger partial charge in [-0.15, -0.1) is 23.1 Å². The van der Waals surface area contributed by atoms with Gasteiger partial charge in [0.05, 0.1) is 24.4 Å². The summed E-state index contributed by atoms with van der Waals surface area (Å²) in [5, 5.41) is 16.9. The molecule has 1 heterocycles. The molecule has 0 atom stereocenters. The van der Waals surface area contributed by atoms with Crippen LogP contribution in [0.4, 0.5) is 0 Å². The Bertz CT molecular complexity index is 1230. The zero-order valence-electron chi connectivity index (χ0n) is 15.6. The summed E-state index contributed by atoms with van der Waals surface area (Å²) in [5.41, 5.74) is 7.76. The first-order valence-electron chi connectivity index (χ1n) is 8.37. The number of carbonyl (C=O) groups is 1. The molecule has 0 radical (unpaired) electrons. The Balaban J connectivity index is 2.14. The lowest BCUT2D eigenvalue weighted by molar-refractivity contribution is 0.0697. The number of sulfone groups is 1. The minimum atomic E-state index is -3.84. The second kappa shape index (κ2) is 8.02. The molecule has 0 aliphatic carbocycles. The first-order chi connectivity index (χ1) is 13.6. The minimum Gasteiger partial charge on any atom is -0.478 e. The smallest absolute Gasteiger partial charge is 0.335 e. The van der Waals surface area contributed by atoms with Gasteiger partial charge in [0.25, 0.3) is 0 Å². The number of hydrogen-bond donors (Lipinski definition) is 3. The predicted molar refractivity (Wildman–Crippen MR) is 116 cm³/mol. The Kier molecular flexibility index (Phi) is 5.83. The van der Waals surface area contributed by atoms with Gasteiger partial charge in [-0.3, -0.25) is 5.41 Å². The van der Waals surface area contributed by atoms with Crippen molar-refractivity contribution in [2.45, 2.75) is 20.9 Å². The zero-order valence-corrected chi connectivity index (χ0v) is 18.0. The Morgan fingerprint density at radius 2 is 1.90 bits per heavy atom. The van der Waals surface area contributed by atoms with Crippen LogP contribution in [0.2, 0.25) is 0 Å². The van der Waals surface area contributed by atoms with Crippen LogP contribution in [0.15, 0.2) is 62.5 Å². The van der Waals surface area contributed by atoms with Crippen molar-refractivity contribution in [3.63, 3.8) is 0 Å². The minimum absolute atomic E-state index is 0.0957. The highest BCUT2D eigenvalue weighted by Gasteiger charge is 2.25. The summed E-state index contributed by atoms with van der Waals surface area (Å²) < 4.78 is 27.1. The van der Waals surface area contributed by atoms with E-state index < -0.39 is 15.8 Å². The normalized spacial score (nSPS) is 11.4. The standard InChI is InChI=1S/C20H18N2O4S3/c1-11-6-7-13(19(23)24)9-15(11)12-4-3-5-14(8-12)29(25,26)17-10-16(18(21)22)28-20(17)27-2/h3-10H,1-2H3,(H3,21,22)(H,23,24). The van der Waals surface area contributed by atoms with Gasteiger partial charge in [-0.25, -0.2) is 13.2 Å². The van der Waals surface area contributed by atoms with Gasteiger partial charge < -0.3 is 10.8 Å². The molecule has 2 aromatic carbocycles. The molecule has 0 unspecified atom stereocenters. The van der Waals surface area contributed by atoms with Gasteiger partial charge in [0.15, 0.2) is 0 Å². The zero-order chi connectivity index (χ0) is 21.3. The molecular formula is C20H18N2O4S3. The highest BCUT2D eigenvalue weighted by molar-refractivity contribution is 8.01. The van der Waals surface area contributed by atoms with Gasteiger partial charge in [-0.05, 0) is 60.2 Å². The van der Waals surface area contributed by atoms with Crippen molar-refractivity contribution >= 4 is 44.7 Å². The number of carboxylic acids is 1. The van der Waals surface area contributed by atoms with E-state index in [4.69, 9.17) is 11.1 Å². The van der Waals surface area contributed by atoms with Crippen LogP contribution in [0.1, 0.15) is 20.8 Å². The van der Waals surface area contributed by atoms with Crippen LogP contribution in [0.5, 0.6) is 0 Å². The fourth-order valence-electron chi connectivity index (χ4n) is 2.84. The molecule has 0 amide bonds. The van der Waals surface area contributed by atoms with Crippen LogP contribution in [0.25, 0.3) is 11.1 Å². The molecule has 29 heavy (non-hydrogen) atoms. The summed E-state index contributed by atoms with van der Waals surface area (Å²) in [6.45, 7) is 1.84. The molecule has 0 saturated carbocycles. The maximum Gasteiger partial charge on any atom is 0.335 e. The van der Waals surface area contributed by atoms with Gasteiger partial charge in [0.1, 0.15) is 5.84 Å². The van der Waals surface area contributed by atoms with Crippen LogP contribution in [0.3, 0.4) is 0 Å². The van der Waals surface area contributed by atoms with Crippen LogP contribution in [-0.4, -0.2) is 31.6 Å². The van der Waals surface area contributed by atoms with Crippen molar-refractivity contribution in [2.24, 2.45) is 5.73 Å². The molecule has 0 aliphatic rings. The van der Waals surface area contributed by atoms with E-state index in [-0.39, 0.29) is 21.2 Å². The quantitative estimate of drug-likeness (QED) is 0.295. The average Bonchev–Trinajstić information content (AvgIpc) is 3.14. The maximum atomic E-state index is 13.3. The van der Waals surface area contributed by atoms with Crippen LogP contribution >= 0.6 is 23.1 Å². The lowest BCUT2D eigenvalue weighted by Crippen LogP contribution is -2.08. The van der Waals surface area contributed by atoms with Crippen molar-refractivity contribution in [3.05, 3.63) is 64.5 Å². The highest BCUT2D eigenvalue weighted by atomic mass is 32.2. The van der Waals surface area contributed by atoms with Gasteiger partial charge in [-0.2, -0.15) is 0 Å². The second-order valence-electron chi connectivity index (χ2n) is 6.25. The first-order valence-corrected chi connectivity index (χ1v) is 11.9. The molecule has 6 nitrogen and oxygen atoms in total. The summed E-state index contributed by atoms with van der Waals surface area (Å²) in [6, 6.07) is 12.6. The van der Waals surface area contributed by atoms with Gasteiger partial charge >= 0.3 is 5.97 Å². The lowest BCUT2D eigenvalue weighted by Gasteiger charge is -2.10. The number of thiophene rings is 1. The molecule has 9 heteroatoms. The number of benzene rings is 2. The Morgan fingerprint density at radius 1 is 1.17 bits per heavy atom. The van der Waals surface area contributed by atoms with E-state index in [0.717, 1.165) is 5.56 Å². The van der Waals surface area contributed by atoms with E-state index in [9.17, 15) is 18.3 Å². The molecule has 150 valence electrons. The van der Waals surface area contributed by atoms with Crippen LogP contribution in [-0.2, 0) is 9.84 Å². The second-order valence-corrected chi connectivity index (χ2v) is 10.3. The van der Waals surface area contributed by atoms with E-state index >= 15 is 0 Å². The Labute approximate surface area is 176 Å². The predicted octanol–water partition coefficient (Wildman–Crippen LogP) is 4.26. The molecule has 0 bridgehead atoms. The van der Waals surface area contributed by atoms with Crippen molar-refractivity contribution in [1.82, 2.24) is 0 Å². The largest absolute Gasteiger partial charge is 0.478 e. The molecule has 0 saturated heterocycles. The number of rotatable bonds is 6. The molecule has 0 aliphatic heterocycles. The third kappa shape index (κ3) is 4.07. The van der Waals surface area contributed by atoms with Crippen molar-refractivity contribution in [1.29, 1.82) is 5.41 Å². The first kappa shape index (κ1) is 21.1. The maximum absolute atomic E-state index is 13.3. The van der Waals surface area contributed by atoms with E-state index in [1.165, 1.54) is 47.4 Å². The molecule has 3 rings (SSSR count). The van der Waals surface area contributed by atoms with Crippen LogP contribution in [0, 0.1) is 12.3 Å². The highest BCUT2D eigenvalue weighted by Crippen LogP contribution is 2.37. The molecule has 4 N–H and O–H groups in total. The Hall–Kier alpha value is -2.62. The molecule has 0 fully saturated rings. The molecule has 1 aromatic heterocycles. The monoisotopic (exact) mass is 446 g/mol. The third-order valence-electron chi connectivity index (χ3n) is 4.35. The summed E-state index contributed by atoms with van der Waals surface area (Å²) in [6.07, 6.45) is 1.77. The average molecular weight is 447 g/mol. The number of carboxylic acid groups (broad SMARTS) is 1. The SMILES string of the molecule is CSc1sc(C(=N)N)cc1S(=O)(=O)c1cccc(-c2cc(C(=O)O)ccc2C)c1. The van der Waals surface area contributed by atoms with Crippen molar-refractivity contribution < 1.29 is 18.3 Å². The molecule has 0 spiro atoms. The lowest BCUT2D eigenvalue weighted by atomic mass is 9.98. The number of aromatic carboxylic acids is 1. The fourth-order valence-corrected chi connectivity index (χ4v) is 6.75. The number of nitrogens with two attached hydrogens (primary N) is 1. The number of amidine groups is 1. The van der Waals surface area contributed by atoms with E-state index in [1.807, 2.05) is 6.92 Å². The van der Waals surface area contributed by atoms with Crippen molar-refractivity contribution in [2.75, 3.05) is 6.26 Å². The van der Waals surface area contributed by atoms with Gasteiger partial charge in [0.2, 0.25) is 9.84 Å². The topological polar surface area (TPSA) is 121 Å². The van der Waals surface area contributed by atoms with E-state index in [0.29, 0.717) is 20.2 Å². The molecular weight excluding hydrogens is 428 g/mol. The van der Waals surface area contributed by atoms with Crippen molar-refractivity contribution in [3.8, 4) is 11.1 Å². The van der Waals surface area contributed by atoms with Gasteiger partial charge in [0, 0.05) is 0 Å². The van der Waals surface area contributed by atoms with Crippen LogP contribution < -0.4 is 5.73 Å². The molecule has 3 aromatic rings. The fraction of sp³-hybridized carbons (Fsp3) is 0.100.